The minimum Gasteiger partial charge on any atom is -0.390 e. The van der Waals surface area contributed by atoms with Crippen LogP contribution in [0.2, 0.25) is 0 Å². The van der Waals surface area contributed by atoms with Gasteiger partial charge in [-0.2, -0.15) is 0 Å². The number of hydrogen-bond acceptors (Lipinski definition) is 4. The number of likely N-dealkylation sites (tertiary alicyclic amines) is 1. The SMILES string of the molecule is CC(=O)N(C)c1ccc2c(c1)C(N1CCCC1=O)C(O)C(C)(C)C2=O. The Morgan fingerprint density at radius 3 is 2.56 bits per heavy atom. The van der Waals surface area contributed by atoms with Crippen molar-refractivity contribution in [3.05, 3.63) is 29.3 Å². The van der Waals surface area contributed by atoms with E-state index >= 15 is 0 Å². The summed E-state index contributed by atoms with van der Waals surface area (Å²) >= 11 is 0. The highest BCUT2D eigenvalue weighted by Crippen LogP contribution is 2.45. The molecule has 0 spiro atoms. The smallest absolute Gasteiger partial charge is 0.223 e. The number of carbonyl (C=O) groups is 3. The number of Topliss-reactive ketones (excluding diaryl/α,β-unsaturated/α-hetero) is 1. The zero-order chi connectivity index (χ0) is 18.5. The summed E-state index contributed by atoms with van der Waals surface area (Å²) in [6.45, 7) is 5.46. The summed E-state index contributed by atoms with van der Waals surface area (Å²) in [5, 5.41) is 10.9. The van der Waals surface area contributed by atoms with Gasteiger partial charge in [0.15, 0.2) is 5.78 Å². The molecule has 1 N–H and O–H groups in total. The Kier molecular flexibility index (Phi) is 4.19. The van der Waals surface area contributed by atoms with E-state index < -0.39 is 17.6 Å². The molecule has 25 heavy (non-hydrogen) atoms. The number of hydrogen-bond donors (Lipinski definition) is 1. The fourth-order valence-corrected chi connectivity index (χ4v) is 3.74. The molecule has 1 heterocycles. The van der Waals surface area contributed by atoms with Crippen molar-refractivity contribution in [3.8, 4) is 0 Å². The van der Waals surface area contributed by atoms with Gasteiger partial charge in [-0.3, -0.25) is 14.4 Å². The Hall–Kier alpha value is -2.21. The van der Waals surface area contributed by atoms with E-state index in [0.717, 1.165) is 6.42 Å². The first-order chi connectivity index (χ1) is 11.7. The normalized spacial score (nSPS) is 25.1. The molecule has 1 fully saturated rings. The lowest BCUT2D eigenvalue weighted by Crippen LogP contribution is -2.51. The van der Waals surface area contributed by atoms with Crippen molar-refractivity contribution in [3.63, 3.8) is 0 Å². The standard InChI is InChI=1S/C19H24N2O4/c1-11(22)20(4)12-7-8-13-14(10-12)16(21-9-5-6-15(21)23)18(25)19(2,3)17(13)24/h7-8,10,16,18,25H,5-6,9H2,1-4H3. The molecule has 0 aromatic heterocycles. The maximum atomic E-state index is 12.9. The number of carbonyl (C=O) groups excluding carboxylic acids is 3. The van der Waals surface area contributed by atoms with Crippen molar-refractivity contribution >= 4 is 23.3 Å². The number of aliphatic hydroxyl groups is 1. The van der Waals surface area contributed by atoms with Gasteiger partial charge in [-0.15, -0.1) is 0 Å². The Morgan fingerprint density at radius 2 is 2.00 bits per heavy atom. The molecule has 134 valence electrons. The van der Waals surface area contributed by atoms with Crippen molar-refractivity contribution in [2.45, 2.75) is 45.8 Å². The summed E-state index contributed by atoms with van der Waals surface area (Å²) in [5.41, 5.74) is 0.801. The van der Waals surface area contributed by atoms with Crippen LogP contribution in [-0.4, -0.2) is 47.3 Å². The number of fused-ring (bicyclic) bond motifs is 1. The van der Waals surface area contributed by atoms with Gasteiger partial charge in [0.25, 0.3) is 0 Å². The van der Waals surface area contributed by atoms with Gasteiger partial charge in [0.1, 0.15) is 0 Å². The number of aliphatic hydroxyl groups excluding tert-OH is 1. The van der Waals surface area contributed by atoms with Crippen LogP contribution >= 0.6 is 0 Å². The first-order valence-corrected chi connectivity index (χ1v) is 8.57. The third-order valence-corrected chi connectivity index (χ3v) is 5.53. The lowest BCUT2D eigenvalue weighted by Gasteiger charge is -2.44. The van der Waals surface area contributed by atoms with Gasteiger partial charge in [0, 0.05) is 38.2 Å². The molecule has 0 saturated carbocycles. The second kappa shape index (κ2) is 5.95. The average Bonchev–Trinajstić information content (AvgIpc) is 2.98. The van der Waals surface area contributed by atoms with E-state index in [1.54, 1.807) is 44.0 Å². The van der Waals surface area contributed by atoms with Crippen molar-refractivity contribution in [2.75, 3.05) is 18.5 Å². The van der Waals surface area contributed by atoms with Gasteiger partial charge in [0.2, 0.25) is 11.8 Å². The fraction of sp³-hybridized carbons (Fsp3) is 0.526. The third kappa shape index (κ3) is 2.65. The zero-order valence-electron chi connectivity index (χ0n) is 15.1. The maximum Gasteiger partial charge on any atom is 0.223 e. The molecule has 6 nitrogen and oxygen atoms in total. The molecule has 2 amide bonds. The van der Waals surface area contributed by atoms with Crippen LogP contribution in [0, 0.1) is 5.41 Å². The van der Waals surface area contributed by atoms with E-state index in [4.69, 9.17) is 0 Å². The first kappa shape index (κ1) is 17.6. The number of anilines is 1. The number of nitrogens with zero attached hydrogens (tertiary/aromatic N) is 2. The predicted octanol–water partition coefficient (Wildman–Crippen LogP) is 1.92. The molecule has 0 bridgehead atoms. The predicted molar refractivity (Wildman–Crippen MR) is 93.3 cm³/mol. The number of amides is 2. The van der Waals surface area contributed by atoms with Gasteiger partial charge in [-0.05, 0) is 44.0 Å². The van der Waals surface area contributed by atoms with Crippen LogP contribution in [0.15, 0.2) is 18.2 Å². The third-order valence-electron chi connectivity index (χ3n) is 5.53. The molecule has 1 aliphatic carbocycles. The second-order valence-electron chi connectivity index (χ2n) is 7.48. The summed E-state index contributed by atoms with van der Waals surface area (Å²) in [7, 11) is 1.66. The highest BCUT2D eigenvalue weighted by Gasteiger charge is 2.50. The number of benzene rings is 1. The molecule has 2 atom stereocenters. The van der Waals surface area contributed by atoms with E-state index in [0.29, 0.717) is 29.8 Å². The second-order valence-corrected chi connectivity index (χ2v) is 7.48. The number of rotatable bonds is 2. The van der Waals surface area contributed by atoms with E-state index in [1.165, 1.54) is 11.8 Å². The maximum absolute atomic E-state index is 12.9. The molecule has 1 saturated heterocycles. The number of ketones is 1. The van der Waals surface area contributed by atoms with Crippen LogP contribution in [0.4, 0.5) is 5.69 Å². The fourth-order valence-electron chi connectivity index (χ4n) is 3.74. The molecular formula is C19H24N2O4. The van der Waals surface area contributed by atoms with Gasteiger partial charge >= 0.3 is 0 Å². The molecule has 3 rings (SSSR count). The van der Waals surface area contributed by atoms with Crippen molar-refractivity contribution in [1.82, 2.24) is 4.90 Å². The summed E-state index contributed by atoms with van der Waals surface area (Å²) in [6.07, 6.45) is 0.214. The van der Waals surface area contributed by atoms with Crippen LogP contribution in [0.5, 0.6) is 0 Å². The monoisotopic (exact) mass is 344 g/mol. The highest BCUT2D eigenvalue weighted by molar-refractivity contribution is 6.04. The minimum atomic E-state index is -0.993. The Labute approximate surface area is 147 Å². The average molecular weight is 344 g/mol. The van der Waals surface area contributed by atoms with Crippen LogP contribution in [0.3, 0.4) is 0 Å². The van der Waals surface area contributed by atoms with Crippen LogP contribution in [-0.2, 0) is 9.59 Å². The summed E-state index contributed by atoms with van der Waals surface area (Å²) in [5.74, 6) is -0.280. The van der Waals surface area contributed by atoms with Gasteiger partial charge in [0.05, 0.1) is 17.6 Å². The molecule has 2 unspecified atom stereocenters. The molecule has 1 aromatic rings. The van der Waals surface area contributed by atoms with E-state index in [-0.39, 0.29) is 17.6 Å². The molecule has 2 aliphatic rings. The lowest BCUT2D eigenvalue weighted by atomic mass is 9.68. The minimum absolute atomic E-state index is 0.00882. The molecular weight excluding hydrogens is 320 g/mol. The molecule has 1 aliphatic heterocycles. The largest absolute Gasteiger partial charge is 0.390 e. The van der Waals surface area contributed by atoms with Gasteiger partial charge < -0.3 is 14.9 Å². The van der Waals surface area contributed by atoms with Crippen LogP contribution in [0.1, 0.15) is 55.6 Å². The van der Waals surface area contributed by atoms with Crippen molar-refractivity contribution in [2.24, 2.45) is 5.41 Å². The first-order valence-electron chi connectivity index (χ1n) is 8.57. The lowest BCUT2D eigenvalue weighted by molar-refractivity contribution is -0.134. The van der Waals surface area contributed by atoms with Crippen LogP contribution < -0.4 is 4.90 Å². The molecule has 6 heteroatoms. The van der Waals surface area contributed by atoms with Crippen molar-refractivity contribution < 1.29 is 19.5 Å². The van der Waals surface area contributed by atoms with E-state index in [1.807, 2.05) is 0 Å². The Balaban J connectivity index is 2.17. The highest BCUT2D eigenvalue weighted by atomic mass is 16.3. The van der Waals surface area contributed by atoms with Gasteiger partial charge in [-0.25, -0.2) is 0 Å². The van der Waals surface area contributed by atoms with Crippen molar-refractivity contribution in [1.29, 1.82) is 0 Å². The summed E-state index contributed by atoms with van der Waals surface area (Å²) < 4.78 is 0. The van der Waals surface area contributed by atoms with E-state index in [2.05, 4.69) is 0 Å². The molecule has 0 radical (unpaired) electrons. The topological polar surface area (TPSA) is 77.9 Å². The Morgan fingerprint density at radius 1 is 1.32 bits per heavy atom. The summed E-state index contributed by atoms with van der Waals surface area (Å²) in [6, 6.07) is 4.61. The molecule has 1 aromatic carbocycles. The van der Waals surface area contributed by atoms with E-state index in [9.17, 15) is 19.5 Å². The quantitative estimate of drug-likeness (QED) is 0.889. The Bertz CT molecular complexity index is 756. The summed E-state index contributed by atoms with van der Waals surface area (Å²) in [4.78, 5) is 40.0. The van der Waals surface area contributed by atoms with Gasteiger partial charge in [-0.1, -0.05) is 0 Å². The zero-order valence-corrected chi connectivity index (χ0v) is 15.1. The van der Waals surface area contributed by atoms with Crippen LogP contribution in [0.25, 0.3) is 0 Å².